The smallest absolute Gasteiger partial charge is 0.243 e. The topological polar surface area (TPSA) is 882 Å². The van der Waals surface area contributed by atoms with Gasteiger partial charge in [0.05, 0.1) is 6.04 Å². The monoisotopic (exact) mass is 1420 g/mol. The van der Waals surface area contributed by atoms with Crippen LogP contribution >= 0.6 is 0 Å². The van der Waals surface area contributed by atoms with Crippen LogP contribution in [0.15, 0.2) is 44.9 Å². The molecular formula is C54H111N37O9. The van der Waals surface area contributed by atoms with E-state index in [0.29, 0.717) is 6.42 Å². The van der Waals surface area contributed by atoms with Crippen LogP contribution in [-0.2, 0) is 43.2 Å². The quantitative estimate of drug-likeness (QED) is 0.0153. The van der Waals surface area contributed by atoms with Crippen LogP contribution in [0.2, 0.25) is 0 Å². The zero-order chi connectivity index (χ0) is 75.7. The van der Waals surface area contributed by atoms with Gasteiger partial charge < -0.3 is 157 Å². The van der Waals surface area contributed by atoms with Gasteiger partial charge in [-0.2, -0.15) is 0 Å². The molecule has 46 nitrogen and oxygen atoms in total. The standard InChI is InChI=1S/C54H111N37O9/c55-28(10-1-19-75-46(57)58)38(93)85-30(12-3-21-77-48(61)62)40(95)87-32(14-5-23-79-50(65)66)42(97)89-34(16-7-25-81-52(69)70)44(99)91-36(18-9-27-83-54(73)74)45(100)90-35(17-8-26-82-53(71)72)43(98)88-33(15-6-24-80-51(67)68)41(96)86-31(13-4-22-78-49(63)64)39(94)84-29(37(56)92)11-2-20-76-47(59)60/h28-36H,1-27,55H2,(H2,56,92)(H,84,94)(H,85,93)(H,86,96)(H,87,95)(H,88,98)(H,89,97)(H,90,100)(H,91,99)(H4,57,58,75)(H4,59,60,76)(H4,61,62,77)(H4,63,64,78)(H4,65,66,79)(H4,67,68,80)(H4,69,70,81)(H4,71,72,82)(H4,73,74,83)/t28-,29-,30-,31-,32-,33-,34-,35-,36-/m0/s1. The van der Waals surface area contributed by atoms with Gasteiger partial charge in [-0.25, -0.2) is 0 Å². The second-order valence-electron chi connectivity index (χ2n) is 22.5. The average molecular weight is 1420 g/mol. The van der Waals surface area contributed by atoms with Crippen molar-refractivity contribution in [2.45, 2.75) is 170 Å². The fraction of sp³-hybridized carbons (Fsp3) is 0.667. The van der Waals surface area contributed by atoms with Gasteiger partial charge in [-0.1, -0.05) is 0 Å². The van der Waals surface area contributed by atoms with Crippen LogP contribution in [0.5, 0.6) is 0 Å². The van der Waals surface area contributed by atoms with Crippen LogP contribution in [0.1, 0.15) is 116 Å². The van der Waals surface area contributed by atoms with E-state index in [9.17, 15) is 43.2 Å². The van der Waals surface area contributed by atoms with Crippen molar-refractivity contribution in [3.05, 3.63) is 0 Å². The molecule has 0 rings (SSSR count). The van der Waals surface area contributed by atoms with Gasteiger partial charge in [0.1, 0.15) is 48.3 Å². The van der Waals surface area contributed by atoms with Crippen molar-refractivity contribution in [2.75, 3.05) is 58.9 Å². The molecule has 0 fully saturated rings. The Kier molecular flexibility index (Phi) is 45.1. The molecule has 0 aromatic carbocycles. The van der Waals surface area contributed by atoms with E-state index in [2.05, 4.69) is 87.5 Å². The molecule has 48 N–H and O–H groups in total. The number of aliphatic imine (C=N–C) groups is 9. The van der Waals surface area contributed by atoms with E-state index in [0.717, 1.165) is 0 Å². The third-order valence-corrected chi connectivity index (χ3v) is 14.0. The van der Waals surface area contributed by atoms with Crippen molar-refractivity contribution in [2.24, 2.45) is 160 Å². The molecule has 0 aliphatic carbocycles. The van der Waals surface area contributed by atoms with Crippen LogP contribution in [-0.4, -0.2) is 220 Å². The van der Waals surface area contributed by atoms with Crippen LogP contribution < -0.4 is 157 Å². The van der Waals surface area contributed by atoms with E-state index in [1.807, 2.05) is 0 Å². The summed E-state index contributed by atoms with van der Waals surface area (Å²) in [6.07, 6.45) is -0.0780. The van der Waals surface area contributed by atoms with Gasteiger partial charge in [-0.3, -0.25) is 88.1 Å². The maximum atomic E-state index is 14.8. The van der Waals surface area contributed by atoms with Gasteiger partial charge in [0.25, 0.3) is 0 Å². The van der Waals surface area contributed by atoms with Crippen molar-refractivity contribution in [3.63, 3.8) is 0 Å². The van der Waals surface area contributed by atoms with E-state index in [1.165, 1.54) is 0 Å². The number of carbonyl (C=O) groups is 9. The lowest BCUT2D eigenvalue weighted by Crippen LogP contribution is -2.60. The summed E-state index contributed by atoms with van der Waals surface area (Å²) in [7, 11) is 0. The summed E-state index contributed by atoms with van der Waals surface area (Å²) >= 11 is 0. The molecule has 566 valence electrons. The molecule has 0 aliphatic rings. The Morgan fingerprint density at radius 2 is 0.330 bits per heavy atom. The first kappa shape index (κ1) is 88.6. The number of primary amides is 1. The Bertz CT molecular complexity index is 2850. The van der Waals surface area contributed by atoms with E-state index in [1.54, 1.807) is 0 Å². The number of nitrogens with two attached hydrogens (primary N) is 20. The van der Waals surface area contributed by atoms with Crippen LogP contribution in [0.25, 0.3) is 0 Å². The maximum absolute atomic E-state index is 14.8. The SMILES string of the molecule is NC(=O)[C@H](CCCN=C(N)N)NC(=O)[C@H](CCCN=C(N)N)NC(=O)[C@H](CCCN=C(N)N)NC(=O)[C@H](CCCN=C(N)N)NC(=O)[C@H](CCCN=C(N)N)NC(=O)[C@H](CCCN=C(N)N)NC(=O)[C@H](CCCN=C(N)N)NC(=O)[C@H](CCCN=C(N)N)NC(=O)[C@@H](N)CCCN=C(N)N. The molecule has 0 aromatic heterocycles. The summed E-state index contributed by atoms with van der Waals surface area (Å²) in [5, 5.41) is 21.0. The maximum Gasteiger partial charge on any atom is 0.243 e. The highest BCUT2D eigenvalue weighted by molar-refractivity contribution is 5.98. The van der Waals surface area contributed by atoms with Gasteiger partial charge in [0, 0.05) is 58.9 Å². The Morgan fingerprint density at radius 1 is 0.200 bits per heavy atom. The summed E-state index contributed by atoms with van der Waals surface area (Å²) in [5.74, 6) is -10.4. The molecule has 0 bridgehead atoms. The van der Waals surface area contributed by atoms with Crippen LogP contribution in [0.4, 0.5) is 0 Å². The first-order chi connectivity index (χ1) is 47.1. The van der Waals surface area contributed by atoms with Crippen molar-refractivity contribution in [1.82, 2.24) is 42.5 Å². The van der Waals surface area contributed by atoms with Crippen LogP contribution in [0, 0.1) is 0 Å². The zero-order valence-electron chi connectivity index (χ0n) is 56.5. The van der Waals surface area contributed by atoms with Crippen molar-refractivity contribution in [1.29, 1.82) is 0 Å². The highest BCUT2D eigenvalue weighted by Gasteiger charge is 2.35. The summed E-state index contributed by atoms with van der Waals surface area (Å²) in [6.45, 7) is 0.0309. The van der Waals surface area contributed by atoms with Crippen molar-refractivity contribution < 1.29 is 43.2 Å². The molecule has 0 aliphatic heterocycles. The first-order valence-corrected chi connectivity index (χ1v) is 32.1. The van der Waals surface area contributed by atoms with Gasteiger partial charge in [0.15, 0.2) is 53.6 Å². The minimum atomic E-state index is -1.56. The Labute approximate surface area is 579 Å². The number of nitrogens with one attached hydrogen (secondary N) is 8. The third-order valence-electron chi connectivity index (χ3n) is 14.0. The Balaban J connectivity index is 7.75. The minimum Gasteiger partial charge on any atom is -0.370 e. The summed E-state index contributed by atoms with van der Waals surface area (Å²) < 4.78 is 0. The largest absolute Gasteiger partial charge is 0.370 e. The summed E-state index contributed by atoms with van der Waals surface area (Å²) in [4.78, 5) is 163. The third kappa shape index (κ3) is 44.4. The molecule has 0 saturated heterocycles. The normalized spacial score (nSPS) is 13.3. The van der Waals surface area contributed by atoms with Crippen molar-refractivity contribution in [3.8, 4) is 0 Å². The molecule has 9 atom stereocenters. The van der Waals surface area contributed by atoms with Gasteiger partial charge in [-0.05, 0) is 116 Å². The van der Waals surface area contributed by atoms with Gasteiger partial charge in [0.2, 0.25) is 53.2 Å². The number of hydrogen-bond acceptors (Lipinski definition) is 19. The minimum absolute atomic E-state index is 0.00424. The number of guanidine groups is 9. The lowest BCUT2D eigenvalue weighted by atomic mass is 10.0. The summed E-state index contributed by atoms with van der Waals surface area (Å²) in [6, 6.07) is -12.7. The number of carbonyl (C=O) groups excluding carboxylic acids is 9. The molecular weight excluding hydrogens is 1310 g/mol. The number of nitrogens with zero attached hydrogens (tertiary/aromatic N) is 9. The number of rotatable bonds is 53. The van der Waals surface area contributed by atoms with Crippen molar-refractivity contribution >= 4 is 107 Å². The highest BCUT2D eigenvalue weighted by atomic mass is 16.2. The fourth-order valence-electron chi connectivity index (χ4n) is 9.03. The Hall–Kier alpha value is -11.4. The molecule has 9 amide bonds. The second kappa shape index (κ2) is 50.9. The molecule has 0 heterocycles. The van der Waals surface area contributed by atoms with E-state index in [4.69, 9.17) is 115 Å². The summed E-state index contributed by atoms with van der Waals surface area (Å²) in [5.41, 5.74) is 111. The molecule has 0 saturated carbocycles. The van der Waals surface area contributed by atoms with Crippen LogP contribution in [0.3, 0.4) is 0 Å². The molecule has 100 heavy (non-hydrogen) atoms. The second-order valence-corrected chi connectivity index (χ2v) is 22.5. The van der Waals surface area contributed by atoms with E-state index in [-0.39, 0.29) is 222 Å². The number of hydrogen-bond donors (Lipinski definition) is 28. The van der Waals surface area contributed by atoms with Gasteiger partial charge >= 0.3 is 0 Å². The van der Waals surface area contributed by atoms with E-state index >= 15 is 0 Å². The lowest BCUT2D eigenvalue weighted by Gasteiger charge is -2.28. The average Bonchev–Trinajstić information content (AvgIpc) is 0.866. The first-order valence-electron chi connectivity index (χ1n) is 32.1. The molecule has 0 aromatic rings. The molecule has 0 spiro atoms. The predicted molar refractivity (Wildman–Crippen MR) is 382 cm³/mol. The highest BCUT2D eigenvalue weighted by Crippen LogP contribution is 2.12. The zero-order valence-corrected chi connectivity index (χ0v) is 56.5. The molecule has 0 unspecified atom stereocenters. The molecule has 0 radical (unpaired) electrons. The fourth-order valence-corrected chi connectivity index (χ4v) is 9.03. The molecule has 46 heteroatoms. The Morgan fingerprint density at radius 3 is 0.480 bits per heavy atom. The number of amides is 9. The predicted octanol–water partition coefficient (Wildman–Crippen LogP) is -13.8. The van der Waals surface area contributed by atoms with Gasteiger partial charge in [-0.15, -0.1) is 0 Å². The van der Waals surface area contributed by atoms with E-state index < -0.39 is 108 Å². The lowest BCUT2D eigenvalue weighted by molar-refractivity contribution is -0.136.